The molecule has 2 N–H and O–H groups in total. The van der Waals surface area contributed by atoms with E-state index in [0.717, 1.165) is 44.9 Å². The number of piperazine rings is 1. The van der Waals surface area contributed by atoms with Crippen molar-refractivity contribution >= 4 is 11.4 Å². The highest BCUT2D eigenvalue weighted by Gasteiger charge is 2.16. The molecule has 122 valence electrons. The molecule has 1 saturated heterocycles. The molecule has 0 bridgehead atoms. The molecule has 0 atom stereocenters. The van der Waals surface area contributed by atoms with E-state index in [9.17, 15) is 0 Å². The summed E-state index contributed by atoms with van der Waals surface area (Å²) in [5, 5.41) is 0. The van der Waals surface area contributed by atoms with Crippen molar-refractivity contribution in [1.82, 2.24) is 4.90 Å². The van der Waals surface area contributed by atoms with Crippen molar-refractivity contribution < 1.29 is 4.74 Å². The van der Waals surface area contributed by atoms with Crippen molar-refractivity contribution in [2.75, 3.05) is 50.0 Å². The first-order chi connectivity index (χ1) is 11.3. The Bertz CT molecular complexity index is 595. The molecule has 0 amide bonds. The van der Waals surface area contributed by atoms with Crippen LogP contribution in [0, 0.1) is 0 Å². The van der Waals surface area contributed by atoms with Crippen molar-refractivity contribution in [3.8, 4) is 5.75 Å². The highest BCUT2D eigenvalue weighted by molar-refractivity contribution is 5.51. The second-order valence-corrected chi connectivity index (χ2v) is 5.90. The molecule has 4 heteroatoms. The van der Waals surface area contributed by atoms with Gasteiger partial charge in [-0.25, -0.2) is 0 Å². The van der Waals surface area contributed by atoms with E-state index in [1.807, 2.05) is 24.3 Å². The average molecular weight is 311 g/mol. The number of hydrogen-bond acceptors (Lipinski definition) is 4. The molecule has 4 nitrogen and oxygen atoms in total. The van der Waals surface area contributed by atoms with Gasteiger partial charge in [0.2, 0.25) is 0 Å². The molecule has 23 heavy (non-hydrogen) atoms. The largest absolute Gasteiger partial charge is 0.491 e. The van der Waals surface area contributed by atoms with E-state index in [1.54, 1.807) is 0 Å². The molecule has 0 aliphatic carbocycles. The number of nitrogens with zero attached hydrogens (tertiary/aromatic N) is 2. The zero-order valence-electron chi connectivity index (χ0n) is 13.5. The topological polar surface area (TPSA) is 41.7 Å². The fraction of sp³-hybridized carbons (Fsp3) is 0.368. The standard InChI is InChI=1S/C19H25N3O/c20-18-9-4-5-10-19(18)23-16-6-11-21-12-14-22(15-13-21)17-7-2-1-3-8-17/h1-5,7-10H,6,11-16,20H2. The van der Waals surface area contributed by atoms with Crippen LogP contribution in [0.4, 0.5) is 11.4 Å². The summed E-state index contributed by atoms with van der Waals surface area (Å²) in [5.41, 5.74) is 7.92. The maximum atomic E-state index is 5.88. The molecule has 1 heterocycles. The lowest BCUT2D eigenvalue weighted by Crippen LogP contribution is -2.46. The van der Waals surface area contributed by atoms with Crippen LogP contribution in [-0.4, -0.2) is 44.2 Å². The predicted molar refractivity (Wildman–Crippen MR) is 96.1 cm³/mol. The molecule has 0 unspecified atom stereocenters. The first-order valence-corrected chi connectivity index (χ1v) is 8.32. The maximum Gasteiger partial charge on any atom is 0.142 e. The van der Waals surface area contributed by atoms with E-state index < -0.39 is 0 Å². The molecule has 3 rings (SSSR count). The van der Waals surface area contributed by atoms with Crippen molar-refractivity contribution in [2.45, 2.75) is 6.42 Å². The summed E-state index contributed by atoms with van der Waals surface area (Å²) in [4.78, 5) is 4.97. The van der Waals surface area contributed by atoms with Gasteiger partial charge in [-0.3, -0.25) is 4.90 Å². The van der Waals surface area contributed by atoms with Gasteiger partial charge >= 0.3 is 0 Å². The van der Waals surface area contributed by atoms with Gasteiger partial charge in [0.1, 0.15) is 5.75 Å². The number of para-hydroxylation sites is 3. The van der Waals surface area contributed by atoms with Crippen LogP contribution in [-0.2, 0) is 0 Å². The predicted octanol–water partition coefficient (Wildman–Crippen LogP) is 2.86. The van der Waals surface area contributed by atoms with Gasteiger partial charge in [-0.15, -0.1) is 0 Å². The summed E-state index contributed by atoms with van der Waals surface area (Å²) in [6.45, 7) is 6.21. The molecule has 2 aromatic carbocycles. The SMILES string of the molecule is Nc1ccccc1OCCCN1CCN(c2ccccc2)CC1. The summed E-state index contributed by atoms with van der Waals surface area (Å²) in [7, 11) is 0. The Morgan fingerprint density at radius 1 is 0.870 bits per heavy atom. The van der Waals surface area contributed by atoms with Crippen molar-refractivity contribution in [1.29, 1.82) is 0 Å². The van der Waals surface area contributed by atoms with Crippen LogP contribution >= 0.6 is 0 Å². The second kappa shape index (κ2) is 7.88. The minimum absolute atomic E-state index is 0.712. The van der Waals surface area contributed by atoms with Crippen LogP contribution < -0.4 is 15.4 Å². The Kier molecular flexibility index (Phi) is 5.37. The highest BCUT2D eigenvalue weighted by Crippen LogP contribution is 2.20. The van der Waals surface area contributed by atoms with Crippen LogP contribution in [0.25, 0.3) is 0 Å². The zero-order chi connectivity index (χ0) is 15.9. The number of nitrogens with two attached hydrogens (primary N) is 1. The van der Waals surface area contributed by atoms with Gasteiger partial charge in [0, 0.05) is 38.4 Å². The van der Waals surface area contributed by atoms with Crippen molar-refractivity contribution in [3.63, 3.8) is 0 Å². The van der Waals surface area contributed by atoms with E-state index in [0.29, 0.717) is 12.3 Å². The monoisotopic (exact) mass is 311 g/mol. The molecular formula is C19H25N3O. The van der Waals surface area contributed by atoms with Gasteiger partial charge in [-0.05, 0) is 30.7 Å². The molecule has 1 fully saturated rings. The first kappa shape index (κ1) is 15.7. The molecule has 1 aliphatic rings. The minimum atomic E-state index is 0.712. The Morgan fingerprint density at radius 3 is 2.30 bits per heavy atom. The van der Waals surface area contributed by atoms with Gasteiger partial charge in [-0.2, -0.15) is 0 Å². The van der Waals surface area contributed by atoms with Gasteiger partial charge in [0.25, 0.3) is 0 Å². The minimum Gasteiger partial charge on any atom is -0.491 e. The van der Waals surface area contributed by atoms with Crippen LogP contribution in [0.3, 0.4) is 0 Å². The molecule has 0 saturated carbocycles. The van der Waals surface area contributed by atoms with Crippen LogP contribution in [0.15, 0.2) is 54.6 Å². The Morgan fingerprint density at radius 2 is 1.57 bits per heavy atom. The Balaban J connectivity index is 1.36. The summed E-state index contributed by atoms with van der Waals surface area (Å²) in [6.07, 6.45) is 1.03. The smallest absolute Gasteiger partial charge is 0.142 e. The van der Waals surface area contributed by atoms with Gasteiger partial charge < -0.3 is 15.4 Å². The number of nitrogen functional groups attached to an aromatic ring is 1. The van der Waals surface area contributed by atoms with Gasteiger partial charge in [-0.1, -0.05) is 30.3 Å². The summed E-state index contributed by atoms with van der Waals surface area (Å²) < 4.78 is 5.76. The van der Waals surface area contributed by atoms with Crippen LogP contribution in [0.5, 0.6) is 5.75 Å². The average Bonchev–Trinajstić information content (AvgIpc) is 2.61. The molecule has 1 aliphatic heterocycles. The lowest BCUT2D eigenvalue weighted by molar-refractivity contribution is 0.225. The van der Waals surface area contributed by atoms with E-state index in [1.165, 1.54) is 5.69 Å². The summed E-state index contributed by atoms with van der Waals surface area (Å²) in [5.74, 6) is 0.793. The first-order valence-electron chi connectivity index (χ1n) is 8.32. The third-order valence-corrected chi connectivity index (χ3v) is 4.29. The normalized spacial score (nSPS) is 15.6. The third kappa shape index (κ3) is 4.39. The van der Waals surface area contributed by atoms with E-state index in [2.05, 4.69) is 40.1 Å². The van der Waals surface area contributed by atoms with E-state index in [-0.39, 0.29) is 0 Å². The number of hydrogen-bond donors (Lipinski definition) is 1. The third-order valence-electron chi connectivity index (χ3n) is 4.29. The van der Waals surface area contributed by atoms with Crippen LogP contribution in [0.1, 0.15) is 6.42 Å². The maximum absolute atomic E-state index is 5.88. The quantitative estimate of drug-likeness (QED) is 0.658. The molecule has 0 spiro atoms. The van der Waals surface area contributed by atoms with Crippen molar-refractivity contribution in [3.05, 3.63) is 54.6 Å². The number of rotatable bonds is 6. The lowest BCUT2D eigenvalue weighted by Gasteiger charge is -2.36. The molecule has 0 aromatic heterocycles. The number of benzene rings is 2. The zero-order valence-corrected chi connectivity index (χ0v) is 13.5. The summed E-state index contributed by atoms with van der Waals surface area (Å²) in [6, 6.07) is 18.3. The van der Waals surface area contributed by atoms with E-state index in [4.69, 9.17) is 10.5 Å². The summed E-state index contributed by atoms with van der Waals surface area (Å²) >= 11 is 0. The number of ether oxygens (including phenoxy) is 1. The van der Waals surface area contributed by atoms with Gasteiger partial charge in [0.05, 0.1) is 12.3 Å². The molecule has 0 radical (unpaired) electrons. The number of anilines is 2. The Labute approximate surface area is 138 Å². The van der Waals surface area contributed by atoms with E-state index >= 15 is 0 Å². The molecule has 2 aromatic rings. The van der Waals surface area contributed by atoms with Gasteiger partial charge in [0.15, 0.2) is 0 Å². The second-order valence-electron chi connectivity index (χ2n) is 5.90. The Hall–Kier alpha value is -2.20. The fourth-order valence-electron chi connectivity index (χ4n) is 2.95. The lowest BCUT2D eigenvalue weighted by atomic mass is 10.2. The van der Waals surface area contributed by atoms with Crippen LogP contribution in [0.2, 0.25) is 0 Å². The van der Waals surface area contributed by atoms with Crippen molar-refractivity contribution in [2.24, 2.45) is 0 Å². The molecular weight excluding hydrogens is 286 g/mol. The fourth-order valence-corrected chi connectivity index (χ4v) is 2.95. The highest BCUT2D eigenvalue weighted by atomic mass is 16.5.